The van der Waals surface area contributed by atoms with Crippen LogP contribution in [-0.2, 0) is 4.74 Å². The van der Waals surface area contributed by atoms with Crippen LogP contribution in [0.1, 0.15) is 44.9 Å². The zero-order valence-electron chi connectivity index (χ0n) is 10.4. The minimum atomic E-state index is -1.09. The summed E-state index contributed by atoms with van der Waals surface area (Å²) in [5.74, 6) is 1.05. The maximum Gasteiger partial charge on any atom is 0.0818 e. The minimum Gasteiger partial charge on any atom is -0.382 e. The number of rotatable bonds is 3. The average Bonchev–Trinajstić information content (AvgIpc) is 2.71. The van der Waals surface area contributed by atoms with Gasteiger partial charge in [-0.2, -0.15) is 0 Å². The van der Waals surface area contributed by atoms with Gasteiger partial charge in [0.1, 0.15) is 0 Å². The van der Waals surface area contributed by atoms with E-state index < -0.39 is 8.07 Å². The van der Waals surface area contributed by atoms with Crippen molar-refractivity contribution >= 4 is 8.07 Å². The molecule has 1 aliphatic heterocycles. The van der Waals surface area contributed by atoms with Crippen molar-refractivity contribution in [3.63, 3.8) is 0 Å². The molecule has 1 saturated carbocycles. The zero-order valence-corrected chi connectivity index (χ0v) is 11.4. The first-order chi connectivity index (χ1) is 7.18. The highest BCUT2D eigenvalue weighted by molar-refractivity contribution is 6.78. The summed E-state index contributed by atoms with van der Waals surface area (Å²) in [5.41, 5.74) is 0.673. The Morgan fingerprint density at radius 2 is 1.67 bits per heavy atom. The van der Waals surface area contributed by atoms with E-state index in [0.717, 1.165) is 12.5 Å². The van der Waals surface area contributed by atoms with Crippen LogP contribution < -0.4 is 0 Å². The van der Waals surface area contributed by atoms with Crippen molar-refractivity contribution < 1.29 is 4.74 Å². The third kappa shape index (κ3) is 3.07. The maximum absolute atomic E-state index is 6.01. The SMILES string of the molecule is C[Si](C)(CC1CCCC1)C1CCCCO1. The van der Waals surface area contributed by atoms with Crippen LogP contribution in [0.2, 0.25) is 19.1 Å². The lowest BCUT2D eigenvalue weighted by atomic mass is 10.1. The lowest BCUT2D eigenvalue weighted by Crippen LogP contribution is -2.46. The Morgan fingerprint density at radius 1 is 1.00 bits per heavy atom. The molecule has 0 spiro atoms. The fourth-order valence-electron chi connectivity index (χ4n) is 3.45. The summed E-state index contributed by atoms with van der Waals surface area (Å²) in [7, 11) is -1.09. The average molecular weight is 226 g/mol. The van der Waals surface area contributed by atoms with Crippen molar-refractivity contribution in [2.75, 3.05) is 6.61 Å². The summed E-state index contributed by atoms with van der Waals surface area (Å²) < 4.78 is 6.01. The molecule has 88 valence electrons. The van der Waals surface area contributed by atoms with Crippen molar-refractivity contribution in [2.45, 2.75) is 69.8 Å². The van der Waals surface area contributed by atoms with E-state index in [1.165, 1.54) is 51.0 Å². The highest BCUT2D eigenvalue weighted by atomic mass is 28.3. The third-order valence-corrected chi connectivity index (χ3v) is 8.17. The van der Waals surface area contributed by atoms with Crippen LogP contribution in [-0.4, -0.2) is 20.4 Å². The summed E-state index contributed by atoms with van der Waals surface area (Å²) in [4.78, 5) is 0. The molecule has 1 heterocycles. The van der Waals surface area contributed by atoms with Gasteiger partial charge in [0, 0.05) is 12.3 Å². The van der Waals surface area contributed by atoms with E-state index in [4.69, 9.17) is 4.74 Å². The normalized spacial score (nSPS) is 29.6. The second-order valence-electron chi connectivity index (χ2n) is 6.20. The van der Waals surface area contributed by atoms with Crippen LogP contribution in [0.25, 0.3) is 0 Å². The summed E-state index contributed by atoms with van der Waals surface area (Å²) in [6, 6.07) is 1.53. The van der Waals surface area contributed by atoms with Gasteiger partial charge < -0.3 is 4.74 Å². The first kappa shape index (κ1) is 11.7. The molecule has 0 aromatic rings. The first-order valence-electron chi connectivity index (χ1n) is 6.80. The lowest BCUT2D eigenvalue weighted by Gasteiger charge is -2.37. The Labute approximate surface area is 95.6 Å². The molecule has 1 unspecified atom stereocenters. The monoisotopic (exact) mass is 226 g/mol. The van der Waals surface area contributed by atoms with Gasteiger partial charge in [0.15, 0.2) is 0 Å². The highest BCUT2D eigenvalue weighted by Crippen LogP contribution is 2.35. The third-order valence-electron chi connectivity index (χ3n) is 4.34. The van der Waals surface area contributed by atoms with Crippen molar-refractivity contribution in [1.29, 1.82) is 0 Å². The summed E-state index contributed by atoms with van der Waals surface area (Å²) in [6.45, 7) is 6.15. The van der Waals surface area contributed by atoms with Crippen molar-refractivity contribution in [3.05, 3.63) is 0 Å². The van der Waals surface area contributed by atoms with Crippen LogP contribution in [0.5, 0.6) is 0 Å². The van der Waals surface area contributed by atoms with Gasteiger partial charge in [-0.1, -0.05) is 44.8 Å². The smallest absolute Gasteiger partial charge is 0.0818 e. The summed E-state index contributed by atoms with van der Waals surface area (Å²) >= 11 is 0. The molecule has 1 aliphatic carbocycles. The van der Waals surface area contributed by atoms with Crippen LogP contribution in [0.4, 0.5) is 0 Å². The predicted molar refractivity (Wildman–Crippen MR) is 67.8 cm³/mol. The number of ether oxygens (including phenoxy) is 1. The van der Waals surface area contributed by atoms with E-state index in [0.29, 0.717) is 5.73 Å². The van der Waals surface area contributed by atoms with Crippen LogP contribution in [0.15, 0.2) is 0 Å². The van der Waals surface area contributed by atoms with E-state index in [2.05, 4.69) is 13.1 Å². The van der Waals surface area contributed by atoms with Gasteiger partial charge in [0.25, 0.3) is 0 Å². The number of hydrogen-bond donors (Lipinski definition) is 0. The molecule has 2 aliphatic rings. The molecule has 0 N–H and O–H groups in total. The molecule has 0 aromatic heterocycles. The molecule has 15 heavy (non-hydrogen) atoms. The Bertz CT molecular complexity index is 191. The Balaban J connectivity index is 1.86. The molecule has 1 nitrogen and oxygen atoms in total. The second kappa shape index (κ2) is 5.01. The van der Waals surface area contributed by atoms with E-state index in [1.807, 2.05) is 0 Å². The highest BCUT2D eigenvalue weighted by Gasteiger charge is 2.36. The molecule has 1 atom stereocenters. The molecule has 0 bridgehead atoms. The van der Waals surface area contributed by atoms with Gasteiger partial charge in [-0.15, -0.1) is 0 Å². The molecular formula is C13H26OSi. The largest absolute Gasteiger partial charge is 0.382 e. The van der Waals surface area contributed by atoms with E-state index in [-0.39, 0.29) is 0 Å². The second-order valence-corrected chi connectivity index (χ2v) is 11.2. The first-order valence-corrected chi connectivity index (χ1v) is 10.1. The van der Waals surface area contributed by atoms with Gasteiger partial charge >= 0.3 is 0 Å². The molecule has 2 heteroatoms. The lowest BCUT2D eigenvalue weighted by molar-refractivity contribution is 0.0593. The Kier molecular flexibility index (Phi) is 3.89. The predicted octanol–water partition coefficient (Wildman–Crippen LogP) is 3.99. The van der Waals surface area contributed by atoms with Crippen molar-refractivity contribution in [3.8, 4) is 0 Å². The van der Waals surface area contributed by atoms with E-state index >= 15 is 0 Å². The van der Waals surface area contributed by atoms with Gasteiger partial charge in [0.2, 0.25) is 0 Å². The van der Waals surface area contributed by atoms with E-state index in [9.17, 15) is 0 Å². The molecule has 0 aromatic carbocycles. The quantitative estimate of drug-likeness (QED) is 0.661. The Morgan fingerprint density at radius 3 is 2.27 bits per heavy atom. The number of hydrogen-bond acceptors (Lipinski definition) is 1. The molecule has 2 rings (SSSR count). The zero-order chi connectivity index (χ0) is 10.7. The van der Waals surface area contributed by atoms with Crippen molar-refractivity contribution in [2.24, 2.45) is 5.92 Å². The summed E-state index contributed by atoms with van der Waals surface area (Å²) in [6.07, 6.45) is 10.0. The topological polar surface area (TPSA) is 9.23 Å². The van der Waals surface area contributed by atoms with Crippen LogP contribution in [0.3, 0.4) is 0 Å². The molecule has 0 radical (unpaired) electrons. The fourth-order valence-corrected chi connectivity index (χ4v) is 7.16. The van der Waals surface area contributed by atoms with Gasteiger partial charge in [-0.05, 0) is 25.2 Å². The Hall–Kier alpha value is 0.177. The molecule has 0 amide bonds. The molecule has 2 fully saturated rings. The van der Waals surface area contributed by atoms with Crippen molar-refractivity contribution in [1.82, 2.24) is 0 Å². The van der Waals surface area contributed by atoms with Gasteiger partial charge in [-0.25, -0.2) is 0 Å². The summed E-state index contributed by atoms with van der Waals surface area (Å²) in [5, 5.41) is 0. The van der Waals surface area contributed by atoms with Crippen LogP contribution in [0, 0.1) is 5.92 Å². The van der Waals surface area contributed by atoms with Gasteiger partial charge in [-0.3, -0.25) is 0 Å². The van der Waals surface area contributed by atoms with E-state index in [1.54, 1.807) is 0 Å². The molecular weight excluding hydrogens is 200 g/mol. The maximum atomic E-state index is 6.01. The van der Waals surface area contributed by atoms with Gasteiger partial charge in [0.05, 0.1) is 8.07 Å². The minimum absolute atomic E-state index is 0.673. The molecule has 1 saturated heterocycles. The van der Waals surface area contributed by atoms with Crippen LogP contribution >= 0.6 is 0 Å². The fraction of sp³-hybridized carbons (Fsp3) is 1.00. The standard InChI is InChI=1S/C13H26OSi/c1-15(2,11-12-7-3-4-8-12)13-9-5-6-10-14-13/h12-13H,3-11H2,1-2H3.